The van der Waals surface area contributed by atoms with Crippen LogP contribution in [0.25, 0.3) is 99.7 Å². The number of pyridine rings is 2. The van der Waals surface area contributed by atoms with Crippen molar-refractivity contribution >= 4 is 65.9 Å². The van der Waals surface area contributed by atoms with Crippen LogP contribution in [0.3, 0.4) is 0 Å². The Morgan fingerprint density at radius 1 is 0.400 bits per heavy atom. The maximum absolute atomic E-state index is 4.97. The number of hydrogen-bond donors (Lipinski definition) is 0. The molecule has 60 heavy (non-hydrogen) atoms. The van der Waals surface area contributed by atoms with E-state index in [1.54, 1.807) is 0 Å². The van der Waals surface area contributed by atoms with Crippen molar-refractivity contribution < 1.29 is 0 Å². The molecule has 0 spiro atoms. The van der Waals surface area contributed by atoms with E-state index in [0.717, 1.165) is 48.3 Å². The van der Waals surface area contributed by atoms with Crippen LogP contribution in [-0.4, -0.2) is 19.1 Å². The second-order valence-electron chi connectivity index (χ2n) is 16.4. The van der Waals surface area contributed by atoms with Crippen molar-refractivity contribution in [2.45, 2.75) is 25.7 Å². The Morgan fingerprint density at radius 2 is 0.967 bits per heavy atom. The third kappa shape index (κ3) is 4.97. The molecule has 2 aliphatic rings. The highest BCUT2D eigenvalue weighted by Crippen LogP contribution is 2.46. The highest BCUT2D eigenvalue weighted by Gasteiger charge is 2.27. The van der Waals surface area contributed by atoms with Gasteiger partial charge in [0.25, 0.3) is 0 Å². The SMILES string of the molecule is C1=C(c2nccc3ccccc23)CCc2c1c1cc3c(cc1n2-c1ccccc1)-c1cc2c(cc1CC3)c1cc(-c3nccc4ccccc34)ccc1n2-c1ccccc1. The molecule has 13 rings (SSSR count). The third-order valence-corrected chi connectivity index (χ3v) is 13.2. The lowest BCUT2D eigenvalue weighted by atomic mass is 9.83. The van der Waals surface area contributed by atoms with Gasteiger partial charge in [-0.1, -0.05) is 91.0 Å². The van der Waals surface area contributed by atoms with Gasteiger partial charge in [-0.05, 0) is 143 Å². The van der Waals surface area contributed by atoms with E-state index >= 15 is 0 Å². The van der Waals surface area contributed by atoms with Crippen LogP contribution in [-0.2, 0) is 19.3 Å². The zero-order valence-corrected chi connectivity index (χ0v) is 32.9. The number of para-hydroxylation sites is 2. The smallest absolute Gasteiger partial charge is 0.0780 e. The van der Waals surface area contributed by atoms with Crippen molar-refractivity contribution in [3.05, 3.63) is 204 Å². The molecule has 2 aliphatic carbocycles. The van der Waals surface area contributed by atoms with Crippen LogP contribution < -0.4 is 0 Å². The quantitative estimate of drug-likeness (QED) is 0.179. The van der Waals surface area contributed by atoms with E-state index in [4.69, 9.17) is 9.97 Å². The number of benzene rings is 7. The summed E-state index contributed by atoms with van der Waals surface area (Å²) in [4.78, 5) is 9.88. The fraction of sp³-hybridized carbons (Fsp3) is 0.0714. The summed E-state index contributed by atoms with van der Waals surface area (Å²) >= 11 is 0. The van der Waals surface area contributed by atoms with Gasteiger partial charge in [-0.25, -0.2) is 0 Å². The first-order chi connectivity index (χ1) is 29.7. The first-order valence-corrected chi connectivity index (χ1v) is 21.1. The van der Waals surface area contributed by atoms with E-state index in [-0.39, 0.29) is 0 Å². The average Bonchev–Trinajstić information content (AvgIpc) is 3.81. The Hall–Kier alpha value is -7.56. The molecule has 0 N–H and O–H groups in total. The van der Waals surface area contributed by atoms with Crippen LogP contribution in [0.4, 0.5) is 0 Å². The van der Waals surface area contributed by atoms with Crippen molar-refractivity contribution in [1.29, 1.82) is 0 Å². The van der Waals surface area contributed by atoms with Gasteiger partial charge < -0.3 is 9.13 Å². The van der Waals surface area contributed by atoms with Gasteiger partial charge in [-0.3, -0.25) is 9.97 Å². The maximum atomic E-state index is 4.97. The van der Waals surface area contributed by atoms with Gasteiger partial charge in [-0.15, -0.1) is 0 Å². The van der Waals surface area contributed by atoms with Crippen molar-refractivity contribution in [2.75, 3.05) is 0 Å². The van der Waals surface area contributed by atoms with Crippen LogP contribution in [0.5, 0.6) is 0 Å². The molecule has 0 aliphatic heterocycles. The Balaban J connectivity index is 1.04. The predicted octanol–water partition coefficient (Wildman–Crippen LogP) is 13.7. The summed E-state index contributed by atoms with van der Waals surface area (Å²) in [7, 11) is 0. The van der Waals surface area contributed by atoms with Gasteiger partial charge in [0.1, 0.15) is 0 Å². The van der Waals surface area contributed by atoms with Crippen LogP contribution in [0.1, 0.15) is 34.5 Å². The minimum Gasteiger partial charge on any atom is -0.313 e. The molecule has 0 bridgehead atoms. The minimum atomic E-state index is 0.944. The normalized spacial score (nSPS) is 13.5. The summed E-state index contributed by atoms with van der Waals surface area (Å²) in [6, 6.07) is 60.1. The Bertz CT molecular complexity index is 3580. The molecule has 11 aromatic rings. The molecule has 0 radical (unpaired) electrons. The fourth-order valence-corrected chi connectivity index (χ4v) is 10.4. The predicted molar refractivity (Wildman–Crippen MR) is 249 cm³/mol. The Kier molecular flexibility index (Phi) is 7.23. The molecule has 4 heterocycles. The summed E-state index contributed by atoms with van der Waals surface area (Å²) in [5.74, 6) is 0. The molecule has 0 amide bonds. The molecule has 4 aromatic heterocycles. The van der Waals surface area contributed by atoms with Crippen LogP contribution in [0.2, 0.25) is 0 Å². The molecule has 4 nitrogen and oxygen atoms in total. The summed E-state index contributed by atoms with van der Waals surface area (Å²) in [5.41, 5.74) is 18.8. The van der Waals surface area contributed by atoms with Gasteiger partial charge in [0.05, 0.1) is 27.9 Å². The van der Waals surface area contributed by atoms with Crippen molar-refractivity contribution in [1.82, 2.24) is 19.1 Å². The monoisotopic (exact) mass is 766 g/mol. The van der Waals surface area contributed by atoms with Crippen LogP contribution in [0, 0.1) is 0 Å². The number of hydrogen-bond acceptors (Lipinski definition) is 2. The second-order valence-corrected chi connectivity index (χ2v) is 16.4. The lowest BCUT2D eigenvalue weighted by Gasteiger charge is -2.22. The van der Waals surface area contributed by atoms with Crippen molar-refractivity contribution in [2.24, 2.45) is 0 Å². The number of nitrogens with zero attached hydrogens (tertiary/aromatic N) is 4. The van der Waals surface area contributed by atoms with E-state index in [1.165, 1.54) is 99.0 Å². The number of aryl methyl sites for hydroxylation is 2. The molecule has 0 fully saturated rings. The number of aromatic nitrogens is 4. The molecule has 0 unspecified atom stereocenters. The molecule has 4 heteroatoms. The highest BCUT2D eigenvalue weighted by atomic mass is 15.0. The van der Waals surface area contributed by atoms with E-state index < -0.39 is 0 Å². The topological polar surface area (TPSA) is 35.6 Å². The molecule has 7 aromatic carbocycles. The van der Waals surface area contributed by atoms with Crippen molar-refractivity contribution in [3.8, 4) is 33.8 Å². The maximum Gasteiger partial charge on any atom is 0.0780 e. The number of rotatable bonds is 4. The minimum absolute atomic E-state index is 0.944. The summed E-state index contributed by atoms with van der Waals surface area (Å²) in [6.07, 6.45) is 10.2. The Labute approximate surface area is 347 Å². The molecule has 0 saturated carbocycles. The fourth-order valence-electron chi connectivity index (χ4n) is 10.4. The van der Waals surface area contributed by atoms with Gasteiger partial charge in [0.15, 0.2) is 0 Å². The number of allylic oxidation sites excluding steroid dienone is 1. The van der Waals surface area contributed by atoms with Gasteiger partial charge >= 0.3 is 0 Å². The lowest BCUT2D eigenvalue weighted by molar-refractivity contribution is 0.895. The van der Waals surface area contributed by atoms with Gasteiger partial charge in [0, 0.05) is 67.5 Å². The molecular formula is C56H38N4. The van der Waals surface area contributed by atoms with Gasteiger partial charge in [-0.2, -0.15) is 0 Å². The zero-order valence-electron chi connectivity index (χ0n) is 32.9. The largest absolute Gasteiger partial charge is 0.313 e. The first-order valence-electron chi connectivity index (χ1n) is 21.1. The summed E-state index contributed by atoms with van der Waals surface area (Å²) in [6.45, 7) is 0. The van der Waals surface area contributed by atoms with E-state index in [9.17, 15) is 0 Å². The molecule has 0 saturated heterocycles. The highest BCUT2D eigenvalue weighted by molar-refractivity contribution is 6.13. The van der Waals surface area contributed by atoms with Crippen LogP contribution >= 0.6 is 0 Å². The summed E-state index contributed by atoms with van der Waals surface area (Å²) < 4.78 is 4.99. The molecule has 0 atom stereocenters. The van der Waals surface area contributed by atoms with E-state index in [2.05, 4.69) is 179 Å². The van der Waals surface area contributed by atoms with Gasteiger partial charge in [0.2, 0.25) is 0 Å². The first kappa shape index (κ1) is 33.4. The molecular weight excluding hydrogens is 729 g/mol. The van der Waals surface area contributed by atoms with E-state index in [1.807, 2.05) is 12.4 Å². The van der Waals surface area contributed by atoms with Crippen LogP contribution in [0.15, 0.2) is 176 Å². The average molecular weight is 767 g/mol. The lowest BCUT2D eigenvalue weighted by Crippen LogP contribution is -2.06. The summed E-state index contributed by atoms with van der Waals surface area (Å²) in [5, 5.41) is 8.68. The van der Waals surface area contributed by atoms with Crippen molar-refractivity contribution in [3.63, 3.8) is 0 Å². The molecule has 282 valence electrons. The standard InChI is InChI=1S/C56H38N4/c1-3-13-41(14-4-1)59-51-23-21-39(55-43-17-9-7-11-35(43)25-27-57-55)31-47(51)49-29-37-19-20-38-30-50-48-32-40(56-44-18-10-8-12-36(44)26-28-58-56)22-24-52(48)60(42-15-5-2-6-16-42)54(50)34-46(38)45(37)33-53(49)59/h1-18,21,23,25-34H,19-20,22,24H2. The number of fused-ring (bicyclic) bond motifs is 11. The van der Waals surface area contributed by atoms with E-state index in [0.29, 0.717) is 0 Å². The second kappa shape index (κ2) is 13.0. The zero-order chi connectivity index (χ0) is 39.3. The third-order valence-electron chi connectivity index (χ3n) is 13.2. The Morgan fingerprint density at radius 3 is 1.67 bits per heavy atom.